The summed E-state index contributed by atoms with van der Waals surface area (Å²) in [5.41, 5.74) is 1.46. The summed E-state index contributed by atoms with van der Waals surface area (Å²) in [6.45, 7) is 3.21. The molecule has 7 nitrogen and oxygen atoms in total. The molecule has 32 heavy (non-hydrogen) atoms. The van der Waals surface area contributed by atoms with Gasteiger partial charge in [-0.1, -0.05) is 35.9 Å². The van der Waals surface area contributed by atoms with Crippen LogP contribution in [-0.4, -0.2) is 20.4 Å². The number of halogens is 1. The summed E-state index contributed by atoms with van der Waals surface area (Å²) in [5, 5.41) is 11.9. The minimum absolute atomic E-state index is 0.00510. The molecule has 9 heteroatoms. The van der Waals surface area contributed by atoms with Crippen LogP contribution in [0.3, 0.4) is 0 Å². The topological polar surface area (TPSA) is 108 Å². The van der Waals surface area contributed by atoms with E-state index in [1.807, 2.05) is 6.07 Å². The number of carbonyl (C=O) groups excluding carboxylic acids is 1. The molecule has 0 aliphatic heterocycles. The van der Waals surface area contributed by atoms with Gasteiger partial charge in [0.2, 0.25) is 0 Å². The standard InChI is InChI=1S/C23H20ClN3O4S/c1-15-10-11-18(13-22(15)32(29,30)27-21-9-4-3-8-20(21)24)26-23(28)16(2)31-19-7-5-6-17(12-19)14-25/h3-13,16,27H,1-2H3,(H,26,28). The van der Waals surface area contributed by atoms with E-state index >= 15 is 0 Å². The van der Waals surface area contributed by atoms with E-state index in [1.54, 1.807) is 68.4 Å². The molecule has 3 rings (SSSR count). The Hall–Kier alpha value is -3.54. The zero-order valence-corrected chi connectivity index (χ0v) is 18.9. The van der Waals surface area contributed by atoms with Crippen LogP contribution in [0.4, 0.5) is 11.4 Å². The van der Waals surface area contributed by atoms with Crippen molar-refractivity contribution in [3.63, 3.8) is 0 Å². The number of hydrogen-bond donors (Lipinski definition) is 2. The van der Waals surface area contributed by atoms with E-state index in [0.717, 1.165) is 0 Å². The highest BCUT2D eigenvalue weighted by molar-refractivity contribution is 7.92. The lowest BCUT2D eigenvalue weighted by atomic mass is 10.2. The molecule has 0 aliphatic rings. The second kappa shape index (κ2) is 9.73. The fourth-order valence-electron chi connectivity index (χ4n) is 2.85. The number of aryl methyl sites for hydroxylation is 1. The zero-order chi connectivity index (χ0) is 23.3. The maximum Gasteiger partial charge on any atom is 0.265 e. The third kappa shape index (κ3) is 5.58. The highest BCUT2D eigenvalue weighted by Gasteiger charge is 2.21. The quantitative estimate of drug-likeness (QED) is 0.520. The summed E-state index contributed by atoms with van der Waals surface area (Å²) in [5.74, 6) is -0.0959. The molecule has 164 valence electrons. The number of nitrogens with one attached hydrogen (secondary N) is 2. The minimum Gasteiger partial charge on any atom is -0.481 e. The van der Waals surface area contributed by atoms with Gasteiger partial charge in [-0.15, -0.1) is 0 Å². The van der Waals surface area contributed by atoms with Gasteiger partial charge >= 0.3 is 0 Å². The van der Waals surface area contributed by atoms with E-state index in [2.05, 4.69) is 10.0 Å². The van der Waals surface area contributed by atoms with Gasteiger partial charge in [-0.05, 0) is 61.9 Å². The molecule has 0 heterocycles. The molecule has 3 aromatic rings. The predicted octanol–water partition coefficient (Wildman–Crippen LogP) is 4.73. The molecule has 0 saturated carbocycles. The van der Waals surface area contributed by atoms with Crippen molar-refractivity contribution in [2.45, 2.75) is 24.8 Å². The van der Waals surface area contributed by atoms with Crippen molar-refractivity contribution in [3.8, 4) is 11.8 Å². The SMILES string of the molecule is Cc1ccc(NC(=O)C(C)Oc2cccc(C#N)c2)cc1S(=O)(=O)Nc1ccccc1Cl. The molecule has 0 radical (unpaired) electrons. The number of hydrogen-bond acceptors (Lipinski definition) is 5. The Balaban J connectivity index is 1.77. The molecule has 0 fully saturated rings. The predicted molar refractivity (Wildman–Crippen MR) is 123 cm³/mol. The molecule has 0 aromatic heterocycles. The largest absolute Gasteiger partial charge is 0.481 e. The van der Waals surface area contributed by atoms with Gasteiger partial charge in [0, 0.05) is 5.69 Å². The molecule has 3 aromatic carbocycles. The van der Waals surface area contributed by atoms with E-state index in [1.165, 1.54) is 12.1 Å². The van der Waals surface area contributed by atoms with Gasteiger partial charge in [0.25, 0.3) is 15.9 Å². The van der Waals surface area contributed by atoms with E-state index in [9.17, 15) is 13.2 Å². The maximum absolute atomic E-state index is 12.9. The van der Waals surface area contributed by atoms with E-state index < -0.39 is 22.0 Å². The molecule has 0 saturated heterocycles. The average Bonchev–Trinajstić information content (AvgIpc) is 2.76. The Labute approximate surface area is 191 Å². The van der Waals surface area contributed by atoms with Crippen molar-refractivity contribution >= 4 is 38.9 Å². The van der Waals surface area contributed by atoms with Crippen molar-refractivity contribution < 1.29 is 17.9 Å². The van der Waals surface area contributed by atoms with Crippen LogP contribution in [0, 0.1) is 18.3 Å². The number of nitrogens with zero attached hydrogens (tertiary/aromatic N) is 1. The first-order valence-electron chi connectivity index (χ1n) is 9.55. The lowest BCUT2D eigenvalue weighted by Gasteiger charge is -2.16. The molecule has 0 aliphatic carbocycles. The number of nitriles is 1. The van der Waals surface area contributed by atoms with Crippen LogP contribution in [0.25, 0.3) is 0 Å². The maximum atomic E-state index is 12.9. The Morgan fingerprint density at radius 2 is 1.84 bits per heavy atom. The third-order valence-electron chi connectivity index (χ3n) is 4.51. The highest BCUT2D eigenvalue weighted by atomic mass is 35.5. The fraction of sp³-hybridized carbons (Fsp3) is 0.130. The Morgan fingerprint density at radius 1 is 1.09 bits per heavy atom. The van der Waals surface area contributed by atoms with Crippen LogP contribution in [0.15, 0.2) is 71.6 Å². The highest BCUT2D eigenvalue weighted by Crippen LogP contribution is 2.27. The van der Waals surface area contributed by atoms with Gasteiger partial charge in [0.05, 0.1) is 27.2 Å². The van der Waals surface area contributed by atoms with Crippen molar-refractivity contribution in [1.29, 1.82) is 5.26 Å². The van der Waals surface area contributed by atoms with Gasteiger partial charge in [-0.25, -0.2) is 8.42 Å². The normalized spacial score (nSPS) is 11.8. The van der Waals surface area contributed by atoms with Crippen molar-refractivity contribution in [3.05, 3.63) is 82.9 Å². The van der Waals surface area contributed by atoms with Gasteiger partial charge in [-0.2, -0.15) is 5.26 Å². The van der Waals surface area contributed by atoms with Crippen molar-refractivity contribution in [2.24, 2.45) is 0 Å². The number of para-hydroxylation sites is 1. The first-order chi connectivity index (χ1) is 15.2. The summed E-state index contributed by atoms with van der Waals surface area (Å²) in [4.78, 5) is 12.6. The molecule has 1 atom stereocenters. The van der Waals surface area contributed by atoms with E-state index in [0.29, 0.717) is 22.6 Å². The smallest absolute Gasteiger partial charge is 0.265 e. The van der Waals surface area contributed by atoms with Crippen LogP contribution in [-0.2, 0) is 14.8 Å². The summed E-state index contributed by atoms with van der Waals surface area (Å²) < 4.78 is 33.9. The summed E-state index contributed by atoms with van der Waals surface area (Å²) in [7, 11) is -3.95. The van der Waals surface area contributed by atoms with Gasteiger partial charge < -0.3 is 10.1 Å². The number of rotatable bonds is 7. The number of sulfonamides is 1. The first-order valence-corrected chi connectivity index (χ1v) is 11.4. The van der Waals surface area contributed by atoms with Gasteiger partial charge in [0.1, 0.15) is 5.75 Å². The van der Waals surface area contributed by atoms with Crippen LogP contribution < -0.4 is 14.8 Å². The number of anilines is 2. The van der Waals surface area contributed by atoms with Crippen LogP contribution >= 0.6 is 11.6 Å². The summed E-state index contributed by atoms with van der Waals surface area (Å²) >= 11 is 6.06. The molecule has 1 unspecified atom stereocenters. The van der Waals surface area contributed by atoms with Crippen molar-refractivity contribution in [2.75, 3.05) is 10.0 Å². The first kappa shape index (κ1) is 23.1. The Morgan fingerprint density at radius 3 is 2.56 bits per heavy atom. The fourth-order valence-corrected chi connectivity index (χ4v) is 4.44. The van der Waals surface area contributed by atoms with Gasteiger partial charge in [0.15, 0.2) is 6.10 Å². The molecule has 2 N–H and O–H groups in total. The van der Waals surface area contributed by atoms with E-state index in [-0.39, 0.29) is 15.6 Å². The van der Waals surface area contributed by atoms with Crippen molar-refractivity contribution in [1.82, 2.24) is 0 Å². The molecular weight excluding hydrogens is 450 g/mol. The molecule has 1 amide bonds. The number of benzene rings is 3. The van der Waals surface area contributed by atoms with E-state index in [4.69, 9.17) is 21.6 Å². The van der Waals surface area contributed by atoms with Crippen LogP contribution in [0.1, 0.15) is 18.1 Å². The van der Waals surface area contributed by atoms with Crippen LogP contribution in [0.2, 0.25) is 5.02 Å². The summed E-state index contributed by atoms with van der Waals surface area (Å²) in [6.07, 6.45) is -0.883. The minimum atomic E-state index is -3.95. The Bertz CT molecular complexity index is 1300. The monoisotopic (exact) mass is 469 g/mol. The third-order valence-corrected chi connectivity index (χ3v) is 6.35. The Kier molecular flexibility index (Phi) is 7.03. The lowest BCUT2D eigenvalue weighted by Crippen LogP contribution is -2.30. The average molecular weight is 470 g/mol. The van der Waals surface area contributed by atoms with Gasteiger partial charge in [-0.3, -0.25) is 9.52 Å². The number of amides is 1. The molecule has 0 bridgehead atoms. The second-order valence-electron chi connectivity index (χ2n) is 6.95. The van der Waals surface area contributed by atoms with Crippen LogP contribution in [0.5, 0.6) is 5.75 Å². The molecular formula is C23H20ClN3O4S. The molecule has 0 spiro atoms. The second-order valence-corrected chi connectivity index (χ2v) is 9.01. The zero-order valence-electron chi connectivity index (χ0n) is 17.3. The summed E-state index contributed by atoms with van der Waals surface area (Å²) in [6, 6.07) is 19.5. The number of carbonyl (C=O) groups is 1. The number of ether oxygens (including phenoxy) is 1. The lowest BCUT2D eigenvalue weighted by molar-refractivity contribution is -0.122.